The first-order valence-electron chi connectivity index (χ1n) is 5.11. The Morgan fingerprint density at radius 2 is 1.76 bits per heavy atom. The second-order valence-corrected chi connectivity index (χ2v) is 3.52. The van der Waals surface area contributed by atoms with E-state index < -0.39 is 23.4 Å². The quantitative estimate of drug-likeness (QED) is 0.600. The summed E-state index contributed by atoms with van der Waals surface area (Å²) in [4.78, 5) is 10.2. The number of hydrogen-bond acceptors (Lipinski definition) is 2. The van der Waals surface area contributed by atoms with Gasteiger partial charge in [-0.25, -0.2) is 13.2 Å². The van der Waals surface area contributed by atoms with Gasteiger partial charge in [-0.15, -0.1) is 0 Å². The van der Waals surface area contributed by atoms with E-state index in [0.29, 0.717) is 25.5 Å². The zero-order chi connectivity index (χ0) is 12.8. The van der Waals surface area contributed by atoms with E-state index in [1.54, 1.807) is 0 Å². The third-order valence-electron chi connectivity index (χ3n) is 2.14. The molecule has 0 aliphatic rings. The highest BCUT2D eigenvalue weighted by molar-refractivity contribution is 5.66. The van der Waals surface area contributed by atoms with Gasteiger partial charge in [0.2, 0.25) is 0 Å². The summed E-state index contributed by atoms with van der Waals surface area (Å²) in [5.41, 5.74) is -0.126. The van der Waals surface area contributed by atoms with Crippen LogP contribution in [0.1, 0.15) is 19.3 Å². The summed E-state index contributed by atoms with van der Waals surface area (Å²) in [6.07, 6.45) is 0.973. The zero-order valence-electron chi connectivity index (χ0n) is 8.97. The molecule has 0 fully saturated rings. The molecule has 0 unspecified atom stereocenters. The van der Waals surface area contributed by atoms with Crippen molar-refractivity contribution < 1.29 is 23.1 Å². The zero-order valence-corrected chi connectivity index (χ0v) is 8.97. The van der Waals surface area contributed by atoms with Crippen molar-refractivity contribution in [3.05, 3.63) is 29.6 Å². The summed E-state index contributed by atoms with van der Waals surface area (Å²) in [7, 11) is 0. The predicted octanol–water partition coefficient (Wildman–Crippen LogP) is 2.77. The normalized spacial score (nSPS) is 10.3. The number of aliphatic carboxylic acids is 1. The Morgan fingerprint density at radius 3 is 2.41 bits per heavy atom. The number of nitrogens with one attached hydrogen (secondary N) is 1. The third kappa shape index (κ3) is 4.34. The summed E-state index contributed by atoms with van der Waals surface area (Å²) in [5, 5.41) is 10.9. The molecule has 0 aliphatic heterocycles. The van der Waals surface area contributed by atoms with Crippen molar-refractivity contribution in [3.63, 3.8) is 0 Å². The van der Waals surface area contributed by atoms with Crippen LogP contribution in [0.4, 0.5) is 18.9 Å². The molecule has 0 radical (unpaired) electrons. The molecular formula is C11H12F3NO2. The van der Waals surface area contributed by atoms with E-state index in [0.717, 1.165) is 6.07 Å². The first-order valence-corrected chi connectivity index (χ1v) is 5.11. The Balaban J connectivity index is 2.41. The van der Waals surface area contributed by atoms with Crippen molar-refractivity contribution in [1.82, 2.24) is 0 Å². The minimum atomic E-state index is -1.24. The lowest BCUT2D eigenvalue weighted by molar-refractivity contribution is -0.137. The van der Waals surface area contributed by atoms with E-state index in [1.165, 1.54) is 0 Å². The van der Waals surface area contributed by atoms with Gasteiger partial charge in [-0.1, -0.05) is 0 Å². The van der Waals surface area contributed by atoms with Crippen molar-refractivity contribution >= 4 is 11.7 Å². The SMILES string of the molecule is O=C(O)CCCCNc1cc(F)c(F)cc1F. The molecule has 94 valence electrons. The van der Waals surface area contributed by atoms with E-state index >= 15 is 0 Å². The van der Waals surface area contributed by atoms with Gasteiger partial charge in [0.15, 0.2) is 11.6 Å². The van der Waals surface area contributed by atoms with Gasteiger partial charge in [0.1, 0.15) is 5.82 Å². The van der Waals surface area contributed by atoms with Crippen LogP contribution < -0.4 is 5.32 Å². The van der Waals surface area contributed by atoms with Crippen LogP contribution in [0, 0.1) is 17.5 Å². The molecule has 0 saturated carbocycles. The lowest BCUT2D eigenvalue weighted by Crippen LogP contribution is -2.05. The molecule has 1 aromatic rings. The van der Waals surface area contributed by atoms with Gasteiger partial charge in [-0.05, 0) is 12.8 Å². The minimum Gasteiger partial charge on any atom is -0.481 e. The average Bonchev–Trinajstić information content (AvgIpc) is 2.24. The minimum absolute atomic E-state index is 0.0297. The highest BCUT2D eigenvalue weighted by Crippen LogP contribution is 2.18. The van der Waals surface area contributed by atoms with E-state index in [-0.39, 0.29) is 12.1 Å². The molecule has 17 heavy (non-hydrogen) atoms. The molecule has 0 spiro atoms. The molecule has 3 nitrogen and oxygen atoms in total. The maximum absolute atomic E-state index is 13.1. The number of halogens is 3. The van der Waals surface area contributed by atoms with E-state index in [2.05, 4.69) is 5.32 Å². The fraction of sp³-hybridized carbons (Fsp3) is 0.364. The maximum Gasteiger partial charge on any atom is 0.303 e. The molecule has 6 heteroatoms. The number of carbonyl (C=O) groups is 1. The topological polar surface area (TPSA) is 49.3 Å². The Bertz CT molecular complexity index is 410. The fourth-order valence-corrected chi connectivity index (χ4v) is 1.28. The number of unbranched alkanes of at least 4 members (excludes halogenated alkanes) is 1. The van der Waals surface area contributed by atoms with Crippen molar-refractivity contribution in [2.75, 3.05) is 11.9 Å². The molecule has 0 bridgehead atoms. The van der Waals surface area contributed by atoms with Crippen LogP contribution in [0.15, 0.2) is 12.1 Å². The van der Waals surface area contributed by atoms with Crippen LogP contribution in [-0.4, -0.2) is 17.6 Å². The molecule has 0 aliphatic carbocycles. The average molecular weight is 247 g/mol. The summed E-state index contributed by atoms with van der Waals surface area (Å²) in [6.45, 7) is 0.301. The fourth-order valence-electron chi connectivity index (χ4n) is 1.28. The van der Waals surface area contributed by atoms with Gasteiger partial charge >= 0.3 is 5.97 Å². The Kier molecular flexibility index (Phi) is 4.81. The predicted molar refractivity (Wildman–Crippen MR) is 56.3 cm³/mol. The van der Waals surface area contributed by atoms with E-state index in [9.17, 15) is 18.0 Å². The van der Waals surface area contributed by atoms with Gasteiger partial charge in [0.25, 0.3) is 0 Å². The Hall–Kier alpha value is -1.72. The number of hydrogen-bond donors (Lipinski definition) is 2. The smallest absolute Gasteiger partial charge is 0.303 e. The van der Waals surface area contributed by atoms with E-state index in [1.807, 2.05) is 0 Å². The Morgan fingerprint density at radius 1 is 1.12 bits per heavy atom. The highest BCUT2D eigenvalue weighted by Gasteiger charge is 2.08. The van der Waals surface area contributed by atoms with Crippen LogP contribution in [-0.2, 0) is 4.79 Å². The van der Waals surface area contributed by atoms with Crippen molar-refractivity contribution in [1.29, 1.82) is 0 Å². The first-order chi connectivity index (χ1) is 8.00. The second kappa shape index (κ2) is 6.12. The molecule has 1 aromatic carbocycles. The first kappa shape index (κ1) is 13.3. The molecule has 0 heterocycles. The molecule has 0 atom stereocenters. The number of anilines is 1. The van der Waals surface area contributed by atoms with E-state index in [4.69, 9.17) is 5.11 Å². The van der Waals surface area contributed by atoms with Crippen LogP contribution in [0.25, 0.3) is 0 Å². The summed E-state index contributed by atoms with van der Waals surface area (Å²) < 4.78 is 38.5. The van der Waals surface area contributed by atoms with Crippen molar-refractivity contribution in [2.24, 2.45) is 0 Å². The van der Waals surface area contributed by atoms with Gasteiger partial charge in [-0.3, -0.25) is 4.79 Å². The molecule has 0 amide bonds. The number of carboxylic acids is 1. The van der Waals surface area contributed by atoms with Crippen LogP contribution in [0.5, 0.6) is 0 Å². The number of carboxylic acid groups (broad SMARTS) is 1. The monoisotopic (exact) mass is 247 g/mol. The summed E-state index contributed by atoms with van der Waals surface area (Å²) in [6, 6.07) is 1.21. The van der Waals surface area contributed by atoms with Gasteiger partial charge in [0, 0.05) is 25.1 Å². The molecule has 0 aromatic heterocycles. The van der Waals surface area contributed by atoms with Gasteiger partial charge in [0.05, 0.1) is 5.69 Å². The van der Waals surface area contributed by atoms with Crippen LogP contribution >= 0.6 is 0 Å². The largest absolute Gasteiger partial charge is 0.481 e. The number of rotatable bonds is 6. The lowest BCUT2D eigenvalue weighted by Gasteiger charge is -2.07. The lowest BCUT2D eigenvalue weighted by atomic mass is 10.2. The highest BCUT2D eigenvalue weighted by atomic mass is 19.2. The summed E-state index contributed by atoms with van der Waals surface area (Å²) in [5.74, 6) is -4.13. The maximum atomic E-state index is 13.1. The second-order valence-electron chi connectivity index (χ2n) is 3.52. The molecule has 2 N–H and O–H groups in total. The van der Waals surface area contributed by atoms with Crippen LogP contribution in [0.2, 0.25) is 0 Å². The van der Waals surface area contributed by atoms with Gasteiger partial charge in [-0.2, -0.15) is 0 Å². The van der Waals surface area contributed by atoms with Crippen LogP contribution in [0.3, 0.4) is 0 Å². The summed E-state index contributed by atoms with van der Waals surface area (Å²) >= 11 is 0. The Labute approximate surface area is 96.3 Å². The van der Waals surface area contributed by atoms with Crippen molar-refractivity contribution in [3.8, 4) is 0 Å². The van der Waals surface area contributed by atoms with Crippen molar-refractivity contribution in [2.45, 2.75) is 19.3 Å². The molecule has 0 saturated heterocycles. The molecular weight excluding hydrogens is 235 g/mol. The molecule has 1 rings (SSSR count). The number of benzene rings is 1. The van der Waals surface area contributed by atoms with Gasteiger partial charge < -0.3 is 10.4 Å². The third-order valence-corrected chi connectivity index (χ3v) is 2.14. The standard InChI is InChI=1S/C11H12F3NO2/c12-7-5-9(14)10(6-8(7)13)15-4-2-1-3-11(16)17/h5-6,15H,1-4H2,(H,16,17).